The largest absolute Gasteiger partial charge is 0.545 e. The van der Waals surface area contributed by atoms with E-state index in [4.69, 9.17) is 9.15 Å². The van der Waals surface area contributed by atoms with Crippen LogP contribution in [0.15, 0.2) is 59.0 Å². The summed E-state index contributed by atoms with van der Waals surface area (Å²) in [6, 6.07) is 15.7. The number of carboxylic acids is 1. The molecule has 7 rings (SSSR count). The van der Waals surface area contributed by atoms with Crippen LogP contribution >= 0.6 is 0 Å². The van der Waals surface area contributed by atoms with Crippen molar-refractivity contribution in [2.45, 2.75) is 31.8 Å². The quantitative estimate of drug-likeness (QED) is 0.161. The van der Waals surface area contributed by atoms with Crippen LogP contribution in [0.3, 0.4) is 0 Å². The molecule has 3 fully saturated rings. The van der Waals surface area contributed by atoms with Crippen LogP contribution in [0, 0.1) is 0 Å². The highest BCUT2D eigenvalue weighted by molar-refractivity contribution is 6.13. The number of fused-ring (bicyclic) bond motifs is 2. The molecule has 2 aliphatic carbocycles. The molecule has 3 aliphatic heterocycles. The van der Waals surface area contributed by atoms with Gasteiger partial charge >= 0.3 is 5.97 Å². The Kier molecular flexibility index (Phi) is 5.96. The van der Waals surface area contributed by atoms with E-state index in [-0.39, 0.29) is 29.5 Å². The van der Waals surface area contributed by atoms with Gasteiger partial charge in [-0.1, -0.05) is 6.07 Å². The molecular weight excluding hydrogens is 524 g/mol. The second kappa shape index (κ2) is 9.69. The number of esters is 1. The molecule has 3 heterocycles. The molecule has 0 aromatic heterocycles. The smallest absolute Gasteiger partial charge is 0.339 e. The SMILES string of the molecule is O=C(OC1C(=O)CCC1=O)c1ccc(C(=O)[O-])c(-c2c3ccc(=[N+]4CCC4)cc-3oc3cc(N4CCC4)ccc23)c1. The number of carbonyl (C=O) groups excluding carboxylic acids is 4. The fourth-order valence-corrected chi connectivity index (χ4v) is 5.75. The molecule has 0 radical (unpaired) electrons. The summed E-state index contributed by atoms with van der Waals surface area (Å²) in [5.41, 5.74) is 3.01. The number of hydrogen-bond acceptors (Lipinski definition) is 8. The highest BCUT2D eigenvalue weighted by Crippen LogP contribution is 2.42. The number of Topliss-reactive ketones (excluding diaryl/α,β-unsaturated/α-hetero) is 2. The number of ether oxygens (including phenoxy) is 1. The van der Waals surface area contributed by atoms with Gasteiger partial charge in [0.15, 0.2) is 11.6 Å². The molecule has 0 atom stereocenters. The maximum absolute atomic E-state index is 13.1. The topological polar surface area (TPSA) is 120 Å². The molecule has 9 heteroatoms. The number of nitrogens with zero attached hydrogens (tertiary/aromatic N) is 2. The van der Waals surface area contributed by atoms with Gasteiger partial charge in [0.05, 0.1) is 24.0 Å². The number of hydrogen-bond donors (Lipinski definition) is 0. The van der Waals surface area contributed by atoms with E-state index >= 15 is 0 Å². The summed E-state index contributed by atoms with van der Waals surface area (Å²) in [7, 11) is 0. The van der Waals surface area contributed by atoms with E-state index in [0.717, 1.165) is 50.1 Å². The Morgan fingerprint density at radius 1 is 0.902 bits per heavy atom. The van der Waals surface area contributed by atoms with Gasteiger partial charge in [0.2, 0.25) is 11.5 Å². The van der Waals surface area contributed by atoms with E-state index in [9.17, 15) is 24.3 Å². The number of aromatic carboxylic acids is 1. The van der Waals surface area contributed by atoms with Gasteiger partial charge in [-0.3, -0.25) is 9.59 Å². The van der Waals surface area contributed by atoms with E-state index < -0.39 is 29.6 Å². The minimum atomic E-state index is -1.43. The zero-order chi connectivity index (χ0) is 28.2. The molecule has 0 bridgehead atoms. The van der Waals surface area contributed by atoms with Crippen molar-refractivity contribution in [3.05, 3.63) is 71.1 Å². The molecule has 0 N–H and O–H groups in total. The van der Waals surface area contributed by atoms with Crippen LogP contribution in [0.4, 0.5) is 5.69 Å². The second-order valence-electron chi connectivity index (χ2n) is 10.8. The number of carboxylic acid groups (broad SMARTS) is 1. The summed E-state index contributed by atoms with van der Waals surface area (Å²) in [6.07, 6.45) is 0.885. The van der Waals surface area contributed by atoms with Crippen molar-refractivity contribution in [1.82, 2.24) is 4.58 Å². The van der Waals surface area contributed by atoms with E-state index in [1.54, 1.807) is 0 Å². The third kappa shape index (κ3) is 4.28. The molecule has 9 nitrogen and oxygen atoms in total. The van der Waals surface area contributed by atoms with Crippen LogP contribution in [0.5, 0.6) is 0 Å². The van der Waals surface area contributed by atoms with E-state index in [1.165, 1.54) is 18.2 Å². The molecular formula is C32H26N2O7. The molecule has 2 saturated heterocycles. The van der Waals surface area contributed by atoms with Crippen LogP contribution < -0.4 is 19.9 Å². The van der Waals surface area contributed by atoms with Crippen molar-refractivity contribution in [1.29, 1.82) is 0 Å². The van der Waals surface area contributed by atoms with Crippen molar-refractivity contribution >= 4 is 40.2 Å². The first-order valence-electron chi connectivity index (χ1n) is 13.8. The van der Waals surface area contributed by atoms with Gasteiger partial charge in [0, 0.05) is 65.8 Å². The average Bonchev–Trinajstić information content (AvgIpc) is 3.21. The number of benzene rings is 3. The molecule has 0 amide bonds. The van der Waals surface area contributed by atoms with Gasteiger partial charge in [-0.05, 0) is 42.3 Å². The Morgan fingerprint density at radius 3 is 2.34 bits per heavy atom. The van der Waals surface area contributed by atoms with Gasteiger partial charge in [-0.25, -0.2) is 9.37 Å². The van der Waals surface area contributed by atoms with E-state index in [1.807, 2.05) is 36.4 Å². The molecule has 2 aromatic rings. The predicted molar refractivity (Wildman–Crippen MR) is 148 cm³/mol. The van der Waals surface area contributed by atoms with Gasteiger partial charge in [-0.2, -0.15) is 0 Å². The Morgan fingerprint density at radius 2 is 1.68 bits per heavy atom. The molecule has 41 heavy (non-hydrogen) atoms. The third-order valence-corrected chi connectivity index (χ3v) is 8.30. The first kappa shape index (κ1) is 25.2. The fraction of sp³-hybridized carbons (Fsp3) is 0.281. The Labute approximate surface area is 234 Å². The summed E-state index contributed by atoms with van der Waals surface area (Å²) >= 11 is 0. The van der Waals surface area contributed by atoms with Crippen molar-refractivity contribution in [2.75, 3.05) is 31.1 Å². The zero-order valence-corrected chi connectivity index (χ0v) is 22.2. The number of carbonyl (C=O) groups is 4. The summed E-state index contributed by atoms with van der Waals surface area (Å²) in [4.78, 5) is 51.8. The minimum Gasteiger partial charge on any atom is -0.545 e. The van der Waals surface area contributed by atoms with Gasteiger partial charge in [0.25, 0.3) is 0 Å². The van der Waals surface area contributed by atoms with Crippen molar-refractivity contribution < 1.29 is 33.4 Å². The van der Waals surface area contributed by atoms with Crippen molar-refractivity contribution in [2.24, 2.45) is 0 Å². The maximum Gasteiger partial charge on any atom is 0.339 e. The molecule has 1 saturated carbocycles. The molecule has 206 valence electrons. The second-order valence-corrected chi connectivity index (χ2v) is 10.8. The summed E-state index contributed by atoms with van der Waals surface area (Å²) < 4.78 is 14.0. The van der Waals surface area contributed by atoms with Crippen LogP contribution in [0.2, 0.25) is 0 Å². The highest BCUT2D eigenvalue weighted by Gasteiger charge is 2.36. The van der Waals surface area contributed by atoms with Gasteiger partial charge in [-0.15, -0.1) is 0 Å². The molecule has 0 unspecified atom stereocenters. The van der Waals surface area contributed by atoms with Crippen LogP contribution in [0.1, 0.15) is 46.4 Å². The lowest BCUT2D eigenvalue weighted by Crippen LogP contribution is -2.40. The maximum atomic E-state index is 13.1. The number of anilines is 1. The van der Waals surface area contributed by atoms with Crippen LogP contribution in [-0.2, 0) is 14.3 Å². The highest BCUT2D eigenvalue weighted by atomic mass is 16.6. The van der Waals surface area contributed by atoms with Gasteiger partial charge < -0.3 is 24.0 Å². The molecule has 2 aromatic carbocycles. The standard InChI is InChI=1S/C32H26N2O7/c35-25-9-10-26(36)30(25)41-32(39)18-3-6-21(31(37)38)24(15-18)29-22-7-4-19(33-11-1-12-33)16-27(22)40-28-17-20(5-8-23(28)29)34-13-2-14-34/h3-8,15-17,30H,1-2,9-14H2. The lowest BCUT2D eigenvalue weighted by Gasteiger charge is -2.33. The van der Waals surface area contributed by atoms with E-state index in [2.05, 4.69) is 9.48 Å². The number of rotatable bonds is 5. The summed E-state index contributed by atoms with van der Waals surface area (Å²) in [5.74, 6) is -2.58. The lowest BCUT2D eigenvalue weighted by molar-refractivity contribution is -0.254. The Hall–Kier alpha value is -4.79. The zero-order valence-electron chi connectivity index (χ0n) is 22.2. The predicted octanol–water partition coefficient (Wildman–Crippen LogP) is 2.41. The average molecular weight is 551 g/mol. The third-order valence-electron chi connectivity index (χ3n) is 8.30. The molecule has 0 spiro atoms. The van der Waals surface area contributed by atoms with E-state index in [0.29, 0.717) is 27.9 Å². The lowest BCUT2D eigenvalue weighted by atomic mass is 9.89. The number of ketones is 2. The van der Waals surface area contributed by atoms with Crippen LogP contribution in [-0.4, -0.2) is 55.8 Å². The minimum absolute atomic E-state index is 0.0222. The summed E-state index contributed by atoms with van der Waals surface area (Å²) in [6.45, 7) is 3.82. The van der Waals surface area contributed by atoms with Crippen LogP contribution in [0.25, 0.3) is 33.4 Å². The normalized spacial score (nSPS) is 17.2. The molecule has 5 aliphatic rings. The van der Waals surface area contributed by atoms with Crippen molar-refractivity contribution in [3.63, 3.8) is 0 Å². The first-order valence-corrected chi connectivity index (χ1v) is 13.8. The van der Waals surface area contributed by atoms with Crippen molar-refractivity contribution in [3.8, 4) is 22.5 Å². The van der Waals surface area contributed by atoms with Gasteiger partial charge in [0.1, 0.15) is 24.4 Å². The Balaban J connectivity index is 1.43. The fourth-order valence-electron chi connectivity index (χ4n) is 5.75. The first-order chi connectivity index (χ1) is 19.9. The summed E-state index contributed by atoms with van der Waals surface area (Å²) in [5, 5.41) is 14.0. The monoisotopic (exact) mass is 550 g/mol. The Bertz CT molecular complexity index is 1810.